The monoisotopic (exact) mass is 182 g/mol. The van der Waals surface area contributed by atoms with E-state index < -0.39 is 0 Å². The van der Waals surface area contributed by atoms with Crippen molar-refractivity contribution in [3.8, 4) is 6.07 Å². The SMILES string of the molecule is CCn1ncc(C#N)c1N.COC. The molecule has 2 N–H and O–H groups in total. The van der Waals surface area contributed by atoms with Gasteiger partial charge in [-0.05, 0) is 6.92 Å². The van der Waals surface area contributed by atoms with Crippen LogP contribution in [0.3, 0.4) is 0 Å². The predicted molar refractivity (Wildman–Crippen MR) is 50.0 cm³/mol. The Bertz CT molecular complexity index is 287. The van der Waals surface area contributed by atoms with Gasteiger partial charge < -0.3 is 10.5 Å². The fourth-order valence-corrected chi connectivity index (χ4v) is 0.733. The molecule has 0 bridgehead atoms. The molecule has 0 aliphatic rings. The number of hydrogen-bond donors (Lipinski definition) is 1. The number of nitrogens with two attached hydrogens (primary N) is 1. The Morgan fingerprint density at radius 3 is 2.46 bits per heavy atom. The maximum absolute atomic E-state index is 8.44. The van der Waals surface area contributed by atoms with Gasteiger partial charge in [0.25, 0.3) is 0 Å². The quantitative estimate of drug-likeness (QED) is 0.690. The van der Waals surface area contributed by atoms with Gasteiger partial charge >= 0.3 is 0 Å². The van der Waals surface area contributed by atoms with Crippen LogP contribution >= 0.6 is 0 Å². The summed E-state index contributed by atoms with van der Waals surface area (Å²) in [5.41, 5.74) is 5.95. The van der Waals surface area contributed by atoms with Crippen molar-refractivity contribution in [2.75, 3.05) is 20.0 Å². The van der Waals surface area contributed by atoms with Crippen LogP contribution in [0.4, 0.5) is 5.82 Å². The minimum Gasteiger partial charge on any atom is -0.388 e. The number of nitrogens with zero attached hydrogens (tertiary/aromatic N) is 3. The third-order valence-corrected chi connectivity index (χ3v) is 1.30. The Labute approximate surface area is 77.7 Å². The normalized spacial score (nSPS) is 8.46. The molecule has 1 heterocycles. The molecule has 0 aliphatic carbocycles. The summed E-state index contributed by atoms with van der Waals surface area (Å²) in [6.45, 7) is 2.62. The molecule has 0 aliphatic heterocycles. The van der Waals surface area contributed by atoms with E-state index >= 15 is 0 Å². The average Bonchev–Trinajstić information content (AvgIpc) is 2.47. The molecular formula is C8H14N4O. The molecular weight excluding hydrogens is 168 g/mol. The summed E-state index contributed by atoms with van der Waals surface area (Å²) in [6, 6.07) is 1.94. The second kappa shape index (κ2) is 6.03. The molecule has 0 atom stereocenters. The van der Waals surface area contributed by atoms with Gasteiger partial charge in [0.05, 0.1) is 6.20 Å². The molecule has 5 heteroatoms. The fourth-order valence-electron chi connectivity index (χ4n) is 0.733. The highest BCUT2D eigenvalue weighted by atomic mass is 16.4. The van der Waals surface area contributed by atoms with Crippen LogP contribution in [0.5, 0.6) is 0 Å². The number of ether oxygens (including phenoxy) is 1. The zero-order chi connectivity index (χ0) is 10.3. The van der Waals surface area contributed by atoms with E-state index in [-0.39, 0.29) is 0 Å². The van der Waals surface area contributed by atoms with Gasteiger partial charge in [-0.3, -0.25) is 0 Å². The lowest BCUT2D eigenvalue weighted by Gasteiger charge is -1.95. The summed E-state index contributed by atoms with van der Waals surface area (Å²) in [7, 11) is 3.25. The molecule has 0 saturated heterocycles. The molecule has 0 saturated carbocycles. The van der Waals surface area contributed by atoms with E-state index in [0.29, 0.717) is 17.9 Å². The van der Waals surface area contributed by atoms with Crippen LogP contribution in [0.15, 0.2) is 6.20 Å². The standard InChI is InChI=1S/C6H8N4.C2H6O/c1-2-10-6(8)5(3-7)4-9-10;1-3-2/h4H,2,8H2,1H3;1-2H3. The first-order valence-electron chi connectivity index (χ1n) is 3.82. The van der Waals surface area contributed by atoms with Crippen LogP contribution in [0.2, 0.25) is 0 Å². The van der Waals surface area contributed by atoms with Gasteiger partial charge in [0.1, 0.15) is 17.5 Å². The molecule has 5 nitrogen and oxygen atoms in total. The van der Waals surface area contributed by atoms with Gasteiger partial charge in [-0.2, -0.15) is 10.4 Å². The van der Waals surface area contributed by atoms with Crippen molar-refractivity contribution in [1.29, 1.82) is 5.26 Å². The Kier molecular flexibility index (Phi) is 5.32. The van der Waals surface area contributed by atoms with Crippen molar-refractivity contribution in [2.24, 2.45) is 0 Å². The summed E-state index contributed by atoms with van der Waals surface area (Å²) in [5.74, 6) is 0.449. The lowest BCUT2D eigenvalue weighted by Crippen LogP contribution is -2.02. The number of rotatable bonds is 1. The Balaban J connectivity index is 0.000000424. The van der Waals surface area contributed by atoms with E-state index in [2.05, 4.69) is 9.84 Å². The van der Waals surface area contributed by atoms with Crippen molar-refractivity contribution >= 4 is 5.82 Å². The molecule has 13 heavy (non-hydrogen) atoms. The van der Waals surface area contributed by atoms with Crippen LogP contribution < -0.4 is 5.73 Å². The molecule has 1 aromatic heterocycles. The summed E-state index contributed by atoms with van der Waals surface area (Å²) in [6.07, 6.45) is 1.47. The second-order valence-corrected chi connectivity index (χ2v) is 2.28. The highest BCUT2D eigenvalue weighted by Crippen LogP contribution is 2.07. The number of methoxy groups -OCH3 is 1. The van der Waals surface area contributed by atoms with E-state index in [4.69, 9.17) is 11.0 Å². The van der Waals surface area contributed by atoms with E-state index in [1.807, 2.05) is 13.0 Å². The molecule has 1 rings (SSSR count). The third kappa shape index (κ3) is 3.13. The first-order chi connectivity index (χ1) is 6.21. The summed E-state index contributed by atoms with van der Waals surface area (Å²) in [5, 5.41) is 12.3. The van der Waals surface area contributed by atoms with E-state index in [1.165, 1.54) is 6.20 Å². The summed E-state index contributed by atoms with van der Waals surface area (Å²) in [4.78, 5) is 0. The topological polar surface area (TPSA) is 76.9 Å². The maximum atomic E-state index is 8.44. The Morgan fingerprint density at radius 2 is 2.23 bits per heavy atom. The van der Waals surface area contributed by atoms with Crippen molar-refractivity contribution in [3.05, 3.63) is 11.8 Å². The number of nitrogen functional groups attached to an aromatic ring is 1. The smallest absolute Gasteiger partial charge is 0.139 e. The van der Waals surface area contributed by atoms with Gasteiger partial charge in [-0.15, -0.1) is 0 Å². The van der Waals surface area contributed by atoms with Crippen molar-refractivity contribution < 1.29 is 4.74 Å². The molecule has 1 aromatic rings. The number of aryl methyl sites for hydroxylation is 1. The Hall–Kier alpha value is -1.54. The molecule has 0 radical (unpaired) electrons. The van der Waals surface area contributed by atoms with Gasteiger partial charge in [-0.25, -0.2) is 4.68 Å². The highest BCUT2D eigenvalue weighted by molar-refractivity contribution is 5.47. The molecule has 0 fully saturated rings. The molecule has 0 amide bonds. The van der Waals surface area contributed by atoms with Gasteiger partial charge in [0.15, 0.2) is 0 Å². The second-order valence-electron chi connectivity index (χ2n) is 2.28. The average molecular weight is 182 g/mol. The maximum Gasteiger partial charge on any atom is 0.139 e. The van der Waals surface area contributed by atoms with Crippen molar-refractivity contribution in [2.45, 2.75) is 13.5 Å². The number of nitriles is 1. The van der Waals surface area contributed by atoms with E-state index in [0.717, 1.165) is 0 Å². The van der Waals surface area contributed by atoms with Gasteiger partial charge in [0.2, 0.25) is 0 Å². The lowest BCUT2D eigenvalue weighted by atomic mass is 10.4. The van der Waals surface area contributed by atoms with E-state index in [9.17, 15) is 0 Å². The van der Waals surface area contributed by atoms with Crippen LogP contribution in [-0.4, -0.2) is 24.0 Å². The zero-order valence-electron chi connectivity index (χ0n) is 8.11. The van der Waals surface area contributed by atoms with Crippen molar-refractivity contribution in [3.63, 3.8) is 0 Å². The highest BCUT2D eigenvalue weighted by Gasteiger charge is 2.02. The molecule has 0 aromatic carbocycles. The fraction of sp³-hybridized carbons (Fsp3) is 0.500. The first kappa shape index (κ1) is 11.5. The summed E-state index contributed by atoms with van der Waals surface area (Å²) >= 11 is 0. The lowest BCUT2D eigenvalue weighted by molar-refractivity contribution is 0.277. The molecule has 0 spiro atoms. The van der Waals surface area contributed by atoms with E-state index in [1.54, 1.807) is 18.9 Å². The Morgan fingerprint density at radius 1 is 1.69 bits per heavy atom. The predicted octanol–water partition coefficient (Wildman–Crippen LogP) is 0.619. The van der Waals surface area contributed by atoms with Crippen LogP contribution in [-0.2, 0) is 11.3 Å². The summed E-state index contributed by atoms with van der Waals surface area (Å²) < 4.78 is 5.83. The third-order valence-electron chi connectivity index (χ3n) is 1.30. The minimum atomic E-state index is 0.446. The number of anilines is 1. The van der Waals surface area contributed by atoms with Gasteiger partial charge in [0, 0.05) is 20.8 Å². The van der Waals surface area contributed by atoms with Crippen LogP contribution in [0.25, 0.3) is 0 Å². The van der Waals surface area contributed by atoms with Crippen LogP contribution in [0.1, 0.15) is 12.5 Å². The number of hydrogen-bond acceptors (Lipinski definition) is 4. The largest absolute Gasteiger partial charge is 0.388 e. The molecule has 72 valence electrons. The van der Waals surface area contributed by atoms with Crippen LogP contribution in [0, 0.1) is 11.3 Å². The first-order valence-corrected chi connectivity index (χ1v) is 3.82. The van der Waals surface area contributed by atoms with Gasteiger partial charge in [-0.1, -0.05) is 0 Å². The van der Waals surface area contributed by atoms with Crippen molar-refractivity contribution in [1.82, 2.24) is 9.78 Å². The number of aromatic nitrogens is 2. The molecule has 0 unspecified atom stereocenters. The minimum absolute atomic E-state index is 0.446. The zero-order valence-corrected chi connectivity index (χ0v) is 8.11.